The van der Waals surface area contributed by atoms with Gasteiger partial charge in [-0.15, -0.1) is 0 Å². The van der Waals surface area contributed by atoms with E-state index in [1.165, 1.54) is 12.0 Å². The van der Waals surface area contributed by atoms with E-state index in [2.05, 4.69) is 43.8 Å². The van der Waals surface area contributed by atoms with Crippen molar-refractivity contribution in [1.82, 2.24) is 0 Å². The minimum absolute atomic E-state index is 1.13. The van der Waals surface area contributed by atoms with E-state index in [1.807, 2.05) is 0 Å². The van der Waals surface area contributed by atoms with Crippen molar-refractivity contribution >= 4 is 21.2 Å². The molecule has 0 saturated heterocycles. The fourth-order valence-electron chi connectivity index (χ4n) is 2.16. The van der Waals surface area contributed by atoms with E-state index < -0.39 is 21.2 Å². The van der Waals surface area contributed by atoms with Crippen LogP contribution in [0.3, 0.4) is 0 Å². The Morgan fingerprint density at radius 1 is 1.07 bits per heavy atom. The third kappa shape index (κ3) is 1.95. The van der Waals surface area contributed by atoms with Gasteiger partial charge < -0.3 is 0 Å². The topological polar surface area (TPSA) is 0 Å². The van der Waals surface area contributed by atoms with Crippen LogP contribution in [-0.4, -0.2) is 21.2 Å². The van der Waals surface area contributed by atoms with Crippen molar-refractivity contribution in [3.63, 3.8) is 0 Å². The van der Waals surface area contributed by atoms with Crippen molar-refractivity contribution in [2.24, 2.45) is 0 Å². The number of allylic oxidation sites excluding steroid dienone is 8. The molecule has 2 rings (SSSR count). The summed E-state index contributed by atoms with van der Waals surface area (Å²) < 4.78 is 9.27. The van der Waals surface area contributed by atoms with Gasteiger partial charge in [0.05, 0.1) is 0 Å². The van der Waals surface area contributed by atoms with Gasteiger partial charge in [-0.3, -0.25) is 0 Å². The van der Waals surface area contributed by atoms with Gasteiger partial charge in [0.1, 0.15) is 0 Å². The van der Waals surface area contributed by atoms with Crippen LogP contribution in [0.1, 0.15) is 12.8 Å². The molecule has 0 N–H and O–H groups in total. The van der Waals surface area contributed by atoms with Crippen LogP contribution in [0.15, 0.2) is 44.7 Å². The van der Waals surface area contributed by atoms with Crippen LogP contribution >= 0.6 is 0 Å². The molecule has 0 heterocycles. The maximum atomic E-state index is 2.51. The summed E-state index contributed by atoms with van der Waals surface area (Å²) >= 11 is -1.99. The Morgan fingerprint density at radius 3 is 2.43 bits per heavy atom. The molecule has 1 heteroatoms. The van der Waals surface area contributed by atoms with Gasteiger partial charge >= 0.3 is 92.1 Å². The zero-order valence-electron chi connectivity index (χ0n) is 9.30. The van der Waals surface area contributed by atoms with Crippen molar-refractivity contribution in [2.45, 2.75) is 26.3 Å². The van der Waals surface area contributed by atoms with Crippen molar-refractivity contribution in [2.75, 3.05) is 0 Å². The monoisotopic (exact) mass is 382 g/mol. The summed E-state index contributed by atoms with van der Waals surface area (Å²) in [5.74, 6) is 0. The van der Waals surface area contributed by atoms with E-state index in [1.54, 1.807) is 8.71 Å². The SMILES string of the molecule is [CH3][Pb]([CH3])([CH3])[C]1=C(C2=CCC=C2)CC=C1. The summed E-state index contributed by atoms with van der Waals surface area (Å²) in [5, 5.41) is 0. The molecule has 0 aromatic heterocycles. The number of rotatable bonds is 2. The fourth-order valence-corrected chi connectivity index (χ4v) is 9.04. The fraction of sp³-hybridized carbons (Fsp3) is 0.385. The molecule has 0 spiro atoms. The molecule has 0 saturated carbocycles. The van der Waals surface area contributed by atoms with E-state index in [9.17, 15) is 0 Å². The molecule has 0 unspecified atom stereocenters. The summed E-state index contributed by atoms with van der Waals surface area (Å²) in [6.45, 7) is 0. The van der Waals surface area contributed by atoms with Gasteiger partial charge in [0, 0.05) is 0 Å². The van der Waals surface area contributed by atoms with Crippen LogP contribution in [0.4, 0.5) is 0 Å². The first-order chi connectivity index (χ1) is 6.59. The summed E-state index contributed by atoms with van der Waals surface area (Å²) in [5.41, 5.74) is 3.13. The molecular formula is C13H18Pb. The standard InChI is InChI=1S/C10H9.3CH3.Pb/c1-2-6-9(5-1)10-7-3-4-8-10;;;;/h1-3,7-8H,4-5H2;3*1H3;. The number of hydrogen-bond acceptors (Lipinski definition) is 0. The van der Waals surface area contributed by atoms with E-state index in [-0.39, 0.29) is 0 Å². The Balaban J connectivity index is 2.39. The zero-order chi connectivity index (χ0) is 10.2. The van der Waals surface area contributed by atoms with Gasteiger partial charge in [0.25, 0.3) is 0 Å². The van der Waals surface area contributed by atoms with Crippen LogP contribution in [0, 0.1) is 0 Å². The maximum absolute atomic E-state index is 2.51. The second-order valence-corrected chi connectivity index (χ2v) is 24.6. The van der Waals surface area contributed by atoms with E-state index in [4.69, 9.17) is 0 Å². The predicted molar refractivity (Wildman–Crippen MR) is 66.0 cm³/mol. The predicted octanol–water partition coefficient (Wildman–Crippen LogP) is 4.01. The van der Waals surface area contributed by atoms with Crippen LogP contribution in [0.2, 0.25) is 13.4 Å². The summed E-state index contributed by atoms with van der Waals surface area (Å²) in [4.78, 5) is 0. The first-order valence-electron chi connectivity index (χ1n) is 5.36. The zero-order valence-corrected chi connectivity index (χ0v) is 13.2. The van der Waals surface area contributed by atoms with Crippen molar-refractivity contribution in [3.8, 4) is 0 Å². The molecule has 14 heavy (non-hydrogen) atoms. The summed E-state index contributed by atoms with van der Waals surface area (Å²) in [6.07, 6.45) is 13.9. The molecule has 0 nitrogen and oxygen atoms in total. The van der Waals surface area contributed by atoms with Crippen LogP contribution in [0.25, 0.3) is 0 Å². The minimum atomic E-state index is -1.99. The summed E-state index contributed by atoms with van der Waals surface area (Å²) in [7, 11) is 0. The average Bonchev–Trinajstić information content (AvgIpc) is 2.73. The van der Waals surface area contributed by atoms with Crippen LogP contribution in [0.5, 0.6) is 0 Å². The first-order valence-corrected chi connectivity index (χ1v) is 19.0. The molecule has 0 aromatic carbocycles. The van der Waals surface area contributed by atoms with Crippen molar-refractivity contribution < 1.29 is 0 Å². The van der Waals surface area contributed by atoms with Gasteiger partial charge in [0.2, 0.25) is 0 Å². The van der Waals surface area contributed by atoms with E-state index >= 15 is 0 Å². The first kappa shape index (κ1) is 10.4. The van der Waals surface area contributed by atoms with Gasteiger partial charge in [0.15, 0.2) is 0 Å². The molecule has 0 radical (unpaired) electrons. The van der Waals surface area contributed by atoms with Gasteiger partial charge in [-0.05, 0) is 0 Å². The van der Waals surface area contributed by atoms with E-state index in [0.29, 0.717) is 0 Å². The third-order valence-corrected chi connectivity index (χ3v) is 11.0. The Kier molecular flexibility index (Phi) is 2.82. The molecule has 74 valence electrons. The van der Waals surface area contributed by atoms with Crippen molar-refractivity contribution in [1.29, 1.82) is 0 Å². The molecular weight excluding hydrogens is 363 g/mol. The third-order valence-electron chi connectivity index (χ3n) is 2.86. The summed E-state index contributed by atoms with van der Waals surface area (Å²) in [6, 6.07) is 0. The molecule has 0 amide bonds. The van der Waals surface area contributed by atoms with Gasteiger partial charge in [-0.1, -0.05) is 0 Å². The normalized spacial score (nSPS) is 20.9. The molecule has 0 atom stereocenters. The quantitative estimate of drug-likeness (QED) is 0.634. The Morgan fingerprint density at radius 2 is 1.86 bits per heavy atom. The second kappa shape index (κ2) is 3.80. The molecule has 2 aliphatic rings. The average molecular weight is 381 g/mol. The van der Waals surface area contributed by atoms with Crippen LogP contribution < -0.4 is 0 Å². The molecule has 0 aliphatic heterocycles. The second-order valence-electron chi connectivity index (χ2n) is 5.05. The number of hydrogen-bond donors (Lipinski definition) is 0. The molecule has 0 aromatic rings. The Labute approximate surface area is 91.7 Å². The van der Waals surface area contributed by atoms with E-state index in [0.717, 1.165) is 6.42 Å². The van der Waals surface area contributed by atoms with Crippen LogP contribution in [-0.2, 0) is 0 Å². The van der Waals surface area contributed by atoms with Gasteiger partial charge in [-0.2, -0.15) is 0 Å². The van der Waals surface area contributed by atoms with Crippen molar-refractivity contribution in [3.05, 3.63) is 44.7 Å². The Hall–Kier alpha value is -0.118. The Bertz CT molecular complexity index is 359. The van der Waals surface area contributed by atoms with Gasteiger partial charge in [-0.25, -0.2) is 0 Å². The molecule has 2 aliphatic carbocycles. The molecule has 0 fully saturated rings. The molecule has 0 bridgehead atoms.